The van der Waals surface area contributed by atoms with Gasteiger partial charge in [-0.1, -0.05) is 34.3 Å². The van der Waals surface area contributed by atoms with Crippen LogP contribution in [0.5, 0.6) is 0 Å². The molecule has 8 nitrogen and oxygen atoms in total. The van der Waals surface area contributed by atoms with Crippen LogP contribution in [-0.2, 0) is 28.6 Å². The van der Waals surface area contributed by atoms with E-state index in [-0.39, 0.29) is 23.9 Å². The van der Waals surface area contributed by atoms with Crippen molar-refractivity contribution in [1.29, 1.82) is 0 Å². The Hall–Kier alpha value is -1.93. The molecule has 2 N–H and O–H groups in total. The fourth-order valence-corrected chi connectivity index (χ4v) is 5.61. The molecule has 8 heteroatoms. The molecular formula is C22H32O8. The second-order valence-electron chi connectivity index (χ2n) is 9.23. The molecule has 0 spiro atoms. The van der Waals surface area contributed by atoms with Gasteiger partial charge in [0, 0.05) is 30.3 Å². The lowest BCUT2D eigenvalue weighted by molar-refractivity contribution is -0.165. The number of hydrogen-bond acceptors (Lipinski definition) is 8. The summed E-state index contributed by atoms with van der Waals surface area (Å²) < 4.78 is 16.7. The smallest absolute Gasteiger partial charge is 0.334 e. The zero-order chi connectivity index (χ0) is 22.5. The summed E-state index contributed by atoms with van der Waals surface area (Å²) >= 11 is 0. The minimum Gasteiger partial charge on any atom is -0.462 e. The number of esters is 3. The minimum atomic E-state index is -1.19. The van der Waals surface area contributed by atoms with E-state index in [0.29, 0.717) is 6.42 Å². The first-order valence-corrected chi connectivity index (χ1v) is 10.6. The van der Waals surface area contributed by atoms with E-state index in [1.165, 1.54) is 6.92 Å². The minimum absolute atomic E-state index is 0.0854. The Kier molecular flexibility index (Phi) is 6.04. The van der Waals surface area contributed by atoms with Gasteiger partial charge in [0.1, 0.15) is 18.3 Å². The van der Waals surface area contributed by atoms with Crippen molar-refractivity contribution in [2.45, 2.75) is 78.0 Å². The average molecular weight is 424 g/mol. The summed E-state index contributed by atoms with van der Waals surface area (Å²) in [6, 6.07) is 0. The van der Waals surface area contributed by atoms with Gasteiger partial charge in [-0.25, -0.2) is 4.79 Å². The van der Waals surface area contributed by atoms with Gasteiger partial charge in [-0.3, -0.25) is 9.59 Å². The fourth-order valence-electron chi connectivity index (χ4n) is 5.61. The van der Waals surface area contributed by atoms with Gasteiger partial charge in [0.05, 0.1) is 24.0 Å². The van der Waals surface area contributed by atoms with Crippen LogP contribution in [0.15, 0.2) is 12.2 Å². The van der Waals surface area contributed by atoms with Crippen LogP contribution in [0.2, 0.25) is 0 Å². The third-order valence-electron chi connectivity index (χ3n) is 7.53. The molecule has 3 aliphatic rings. The molecule has 0 aromatic heterocycles. The van der Waals surface area contributed by atoms with Crippen LogP contribution in [-0.4, -0.2) is 58.6 Å². The summed E-state index contributed by atoms with van der Waals surface area (Å²) in [5.41, 5.74) is -0.995. The highest BCUT2D eigenvalue weighted by atomic mass is 16.6. The van der Waals surface area contributed by atoms with Crippen LogP contribution >= 0.6 is 0 Å². The summed E-state index contributed by atoms with van der Waals surface area (Å²) in [4.78, 5) is 36.5. The number of fused-ring (bicyclic) bond motifs is 2. The molecule has 2 aliphatic carbocycles. The lowest BCUT2D eigenvalue weighted by Gasteiger charge is -2.42. The lowest BCUT2D eigenvalue weighted by atomic mass is 9.66. The second-order valence-corrected chi connectivity index (χ2v) is 9.23. The summed E-state index contributed by atoms with van der Waals surface area (Å²) in [7, 11) is 0. The largest absolute Gasteiger partial charge is 0.462 e. The van der Waals surface area contributed by atoms with Crippen LogP contribution in [0.4, 0.5) is 0 Å². The molecule has 168 valence electrons. The first kappa shape index (κ1) is 22.7. The van der Waals surface area contributed by atoms with Gasteiger partial charge in [0.25, 0.3) is 0 Å². The van der Waals surface area contributed by atoms with Crippen molar-refractivity contribution in [3.63, 3.8) is 0 Å². The number of carbonyl (C=O) groups excluding carboxylic acids is 3. The Labute approximate surface area is 176 Å². The lowest BCUT2D eigenvalue weighted by Crippen LogP contribution is -2.50. The molecule has 3 fully saturated rings. The Balaban J connectivity index is 2.06. The van der Waals surface area contributed by atoms with E-state index in [1.807, 2.05) is 6.92 Å². The molecule has 30 heavy (non-hydrogen) atoms. The maximum atomic E-state index is 12.5. The molecule has 0 aromatic rings. The molecule has 1 aliphatic heterocycles. The molecule has 0 aromatic carbocycles. The molecule has 1 saturated heterocycles. The van der Waals surface area contributed by atoms with Crippen molar-refractivity contribution in [2.24, 2.45) is 29.1 Å². The molecule has 0 amide bonds. The van der Waals surface area contributed by atoms with Gasteiger partial charge < -0.3 is 24.4 Å². The van der Waals surface area contributed by atoms with Crippen molar-refractivity contribution in [3.05, 3.63) is 12.2 Å². The van der Waals surface area contributed by atoms with E-state index in [9.17, 15) is 24.6 Å². The maximum Gasteiger partial charge on any atom is 0.334 e. The second kappa shape index (κ2) is 7.96. The number of rotatable bonds is 4. The van der Waals surface area contributed by atoms with Crippen LogP contribution in [0.25, 0.3) is 0 Å². The highest BCUT2D eigenvalue weighted by molar-refractivity contribution is 5.91. The van der Waals surface area contributed by atoms with Gasteiger partial charge >= 0.3 is 17.9 Å². The standard InChI is InChI=1S/C22H32O8/c1-7-9(2)20(26)29-13-8-14(28-12(5)23)22(6)16(13)11(4)17(24)18-15(19(22)25)10(3)21(27)30-18/h9,11,13-19,24-25H,3,7-8H2,1-2,4-6H3. The summed E-state index contributed by atoms with van der Waals surface area (Å²) in [6.07, 6.45) is -3.86. The predicted molar refractivity (Wildman–Crippen MR) is 105 cm³/mol. The van der Waals surface area contributed by atoms with Gasteiger partial charge in [-0.05, 0) is 12.3 Å². The Morgan fingerprint density at radius 2 is 1.97 bits per heavy atom. The zero-order valence-electron chi connectivity index (χ0n) is 18.2. The van der Waals surface area contributed by atoms with Crippen LogP contribution in [0, 0.1) is 29.1 Å². The number of aliphatic hydroxyl groups is 2. The van der Waals surface area contributed by atoms with Gasteiger partial charge in [-0.2, -0.15) is 0 Å². The van der Waals surface area contributed by atoms with Gasteiger partial charge in [0.2, 0.25) is 0 Å². The molecule has 3 rings (SSSR count). The monoisotopic (exact) mass is 424 g/mol. The number of aliphatic hydroxyl groups excluding tert-OH is 2. The van der Waals surface area contributed by atoms with E-state index in [0.717, 1.165) is 0 Å². The summed E-state index contributed by atoms with van der Waals surface area (Å²) in [5, 5.41) is 22.5. The first-order chi connectivity index (χ1) is 13.9. The van der Waals surface area contributed by atoms with Crippen molar-refractivity contribution in [3.8, 4) is 0 Å². The normalized spacial score (nSPS) is 43.8. The van der Waals surface area contributed by atoms with E-state index in [2.05, 4.69) is 6.58 Å². The SMILES string of the molecule is C=C1C(=O)OC2C(O)C(C)C3C(OC(=O)C(C)CC)CC(OC(C)=O)C3(C)C(O)C12. The first-order valence-electron chi connectivity index (χ1n) is 10.6. The number of hydrogen-bond donors (Lipinski definition) is 2. The molecule has 2 saturated carbocycles. The van der Waals surface area contributed by atoms with Crippen molar-refractivity contribution < 1.29 is 38.8 Å². The van der Waals surface area contributed by atoms with Gasteiger partial charge in [-0.15, -0.1) is 0 Å². The average Bonchev–Trinajstić information content (AvgIpc) is 3.11. The molecule has 0 radical (unpaired) electrons. The quantitative estimate of drug-likeness (QED) is 0.395. The third kappa shape index (κ3) is 3.34. The van der Waals surface area contributed by atoms with E-state index in [4.69, 9.17) is 14.2 Å². The van der Waals surface area contributed by atoms with Crippen molar-refractivity contribution >= 4 is 17.9 Å². The van der Waals surface area contributed by atoms with Crippen molar-refractivity contribution in [2.75, 3.05) is 0 Å². The van der Waals surface area contributed by atoms with E-state index < -0.39 is 65.6 Å². The molecular weight excluding hydrogens is 392 g/mol. The Bertz CT molecular complexity index is 747. The highest BCUT2D eigenvalue weighted by Gasteiger charge is 2.68. The van der Waals surface area contributed by atoms with Crippen LogP contribution < -0.4 is 0 Å². The molecule has 1 heterocycles. The summed E-state index contributed by atoms with van der Waals surface area (Å²) in [5.74, 6) is -3.71. The van der Waals surface area contributed by atoms with Crippen LogP contribution in [0.3, 0.4) is 0 Å². The maximum absolute atomic E-state index is 12.5. The molecule has 10 atom stereocenters. The predicted octanol–water partition coefficient (Wildman–Crippen LogP) is 1.37. The zero-order valence-corrected chi connectivity index (χ0v) is 18.2. The number of ether oxygens (including phenoxy) is 3. The van der Waals surface area contributed by atoms with E-state index in [1.54, 1.807) is 20.8 Å². The van der Waals surface area contributed by atoms with Crippen molar-refractivity contribution in [1.82, 2.24) is 0 Å². The Morgan fingerprint density at radius 1 is 1.33 bits per heavy atom. The highest BCUT2D eigenvalue weighted by Crippen LogP contribution is 2.58. The third-order valence-corrected chi connectivity index (χ3v) is 7.53. The summed E-state index contributed by atoms with van der Waals surface area (Å²) in [6.45, 7) is 12.2. The van der Waals surface area contributed by atoms with Crippen LogP contribution in [0.1, 0.15) is 47.5 Å². The topological polar surface area (TPSA) is 119 Å². The Morgan fingerprint density at radius 3 is 2.53 bits per heavy atom. The molecule has 10 unspecified atom stereocenters. The van der Waals surface area contributed by atoms with Gasteiger partial charge in [0.15, 0.2) is 0 Å². The van der Waals surface area contributed by atoms with E-state index >= 15 is 0 Å². The molecule has 0 bridgehead atoms. The fraction of sp³-hybridized carbons (Fsp3) is 0.773. The number of carbonyl (C=O) groups is 3.